The van der Waals surface area contributed by atoms with Crippen LogP contribution in [0.2, 0.25) is 0 Å². The molecule has 108 valence electrons. The van der Waals surface area contributed by atoms with E-state index in [1.807, 2.05) is 5.38 Å². The first-order valence-electron chi connectivity index (χ1n) is 6.44. The van der Waals surface area contributed by atoms with Gasteiger partial charge < -0.3 is 14.4 Å². The van der Waals surface area contributed by atoms with Crippen molar-refractivity contribution in [2.45, 2.75) is 33.2 Å². The second-order valence-electron chi connectivity index (χ2n) is 4.38. The first kappa shape index (κ1) is 15.9. The lowest BCUT2D eigenvalue weighted by molar-refractivity contribution is -0.142. The van der Waals surface area contributed by atoms with E-state index >= 15 is 0 Å². The highest BCUT2D eigenvalue weighted by atomic mass is 32.1. The topological polar surface area (TPSA) is 51.7 Å². The Hall–Kier alpha value is -1.14. The Bertz CT molecular complexity index is 393. The van der Waals surface area contributed by atoms with Gasteiger partial charge in [0.1, 0.15) is 0 Å². The van der Waals surface area contributed by atoms with Crippen molar-refractivity contribution in [1.82, 2.24) is 4.98 Å². The van der Waals surface area contributed by atoms with Gasteiger partial charge in [0.15, 0.2) is 5.13 Å². The molecule has 0 aliphatic heterocycles. The summed E-state index contributed by atoms with van der Waals surface area (Å²) in [5, 5.41) is 2.83. The zero-order chi connectivity index (χ0) is 14.3. The van der Waals surface area contributed by atoms with Crippen LogP contribution in [0.5, 0.6) is 0 Å². The molecule has 1 rings (SSSR count). The predicted molar refractivity (Wildman–Crippen MR) is 76.8 cm³/mol. The highest BCUT2D eigenvalue weighted by Gasteiger charge is 2.15. The second kappa shape index (κ2) is 8.12. The number of aromatic nitrogens is 1. The molecular formula is C13H22N2O3S. The van der Waals surface area contributed by atoms with Crippen molar-refractivity contribution in [3.05, 3.63) is 11.1 Å². The van der Waals surface area contributed by atoms with Crippen molar-refractivity contribution in [2.75, 3.05) is 31.8 Å². The first-order valence-corrected chi connectivity index (χ1v) is 7.32. The molecular weight excluding hydrogens is 264 g/mol. The Labute approximate surface area is 118 Å². The number of carbonyl (C=O) groups is 1. The molecule has 0 saturated carbocycles. The maximum atomic E-state index is 11.4. The number of rotatable bonds is 8. The first-order chi connectivity index (χ1) is 9.08. The number of carbonyl (C=O) groups excluding carboxylic acids is 1. The number of hydrogen-bond acceptors (Lipinski definition) is 6. The number of thiazole rings is 1. The van der Waals surface area contributed by atoms with Crippen LogP contribution in [0.4, 0.5) is 5.13 Å². The van der Waals surface area contributed by atoms with Crippen molar-refractivity contribution in [3.8, 4) is 0 Å². The standard InChI is InChI=1S/C13H22N2O3S/c1-5-18-12(16)8-11-9-19-13(14-11)15(10(2)3)6-7-17-4/h9-10H,5-8H2,1-4H3. The Morgan fingerprint density at radius 3 is 2.84 bits per heavy atom. The van der Waals surface area contributed by atoms with Gasteiger partial charge in [0.25, 0.3) is 0 Å². The molecule has 0 atom stereocenters. The van der Waals surface area contributed by atoms with Crippen molar-refractivity contribution in [1.29, 1.82) is 0 Å². The molecule has 1 aromatic heterocycles. The average Bonchev–Trinajstić information content (AvgIpc) is 2.77. The summed E-state index contributed by atoms with van der Waals surface area (Å²) in [6.45, 7) is 7.88. The monoisotopic (exact) mass is 286 g/mol. The van der Waals surface area contributed by atoms with Gasteiger partial charge in [-0.25, -0.2) is 4.98 Å². The third-order valence-electron chi connectivity index (χ3n) is 2.58. The summed E-state index contributed by atoms with van der Waals surface area (Å²) in [5.74, 6) is -0.229. The van der Waals surface area contributed by atoms with Gasteiger partial charge in [0, 0.05) is 25.1 Å². The smallest absolute Gasteiger partial charge is 0.311 e. The fraction of sp³-hybridized carbons (Fsp3) is 0.692. The lowest BCUT2D eigenvalue weighted by Crippen LogP contribution is -2.33. The van der Waals surface area contributed by atoms with Crippen LogP contribution < -0.4 is 4.90 Å². The Morgan fingerprint density at radius 1 is 1.53 bits per heavy atom. The minimum Gasteiger partial charge on any atom is -0.466 e. The zero-order valence-electron chi connectivity index (χ0n) is 12.0. The predicted octanol–water partition coefficient (Wildman–Crippen LogP) is 2.11. The van der Waals surface area contributed by atoms with Gasteiger partial charge in [-0.05, 0) is 20.8 Å². The molecule has 0 aromatic carbocycles. The van der Waals surface area contributed by atoms with E-state index in [1.165, 1.54) is 0 Å². The molecule has 0 radical (unpaired) electrons. The van der Waals surface area contributed by atoms with Crippen LogP contribution in [0.25, 0.3) is 0 Å². The molecule has 0 aliphatic rings. The Balaban J connectivity index is 2.67. The van der Waals surface area contributed by atoms with E-state index in [0.717, 1.165) is 17.4 Å². The molecule has 0 aliphatic carbocycles. The molecule has 1 heterocycles. The van der Waals surface area contributed by atoms with E-state index < -0.39 is 0 Å². The lowest BCUT2D eigenvalue weighted by Gasteiger charge is -2.25. The quantitative estimate of drug-likeness (QED) is 0.685. The fourth-order valence-corrected chi connectivity index (χ4v) is 2.62. The molecule has 0 unspecified atom stereocenters. The second-order valence-corrected chi connectivity index (χ2v) is 5.22. The van der Waals surface area contributed by atoms with Gasteiger partial charge in [-0.3, -0.25) is 4.79 Å². The number of esters is 1. The van der Waals surface area contributed by atoms with E-state index in [0.29, 0.717) is 19.3 Å². The van der Waals surface area contributed by atoms with E-state index in [4.69, 9.17) is 9.47 Å². The highest BCUT2D eigenvalue weighted by Crippen LogP contribution is 2.22. The van der Waals surface area contributed by atoms with Gasteiger partial charge in [-0.1, -0.05) is 0 Å². The van der Waals surface area contributed by atoms with E-state index in [-0.39, 0.29) is 12.4 Å². The summed E-state index contributed by atoms with van der Waals surface area (Å²) >= 11 is 1.55. The summed E-state index contributed by atoms with van der Waals surface area (Å²) < 4.78 is 10.0. The van der Waals surface area contributed by atoms with Crippen LogP contribution >= 0.6 is 11.3 Å². The van der Waals surface area contributed by atoms with E-state index in [9.17, 15) is 4.79 Å². The van der Waals surface area contributed by atoms with Crippen molar-refractivity contribution in [3.63, 3.8) is 0 Å². The minimum atomic E-state index is -0.229. The molecule has 0 amide bonds. The van der Waals surface area contributed by atoms with Crippen LogP contribution in [0.15, 0.2) is 5.38 Å². The number of nitrogens with zero attached hydrogens (tertiary/aromatic N) is 2. The average molecular weight is 286 g/mol. The largest absolute Gasteiger partial charge is 0.466 e. The molecule has 0 N–H and O–H groups in total. The molecule has 1 aromatic rings. The molecule has 0 fully saturated rings. The number of methoxy groups -OCH3 is 1. The van der Waals surface area contributed by atoms with Crippen LogP contribution in [0, 0.1) is 0 Å². The maximum absolute atomic E-state index is 11.4. The fourth-order valence-electron chi connectivity index (χ4n) is 1.63. The number of ether oxygens (including phenoxy) is 2. The van der Waals surface area contributed by atoms with Crippen molar-refractivity contribution >= 4 is 22.4 Å². The summed E-state index contributed by atoms with van der Waals surface area (Å²) in [6, 6.07) is 0.344. The van der Waals surface area contributed by atoms with Crippen LogP contribution in [-0.2, 0) is 20.7 Å². The van der Waals surface area contributed by atoms with Gasteiger partial charge in [0.2, 0.25) is 0 Å². The molecule has 0 spiro atoms. The Morgan fingerprint density at radius 2 is 2.26 bits per heavy atom. The van der Waals surface area contributed by atoms with Gasteiger partial charge in [-0.15, -0.1) is 11.3 Å². The van der Waals surface area contributed by atoms with Crippen LogP contribution in [0.3, 0.4) is 0 Å². The minimum absolute atomic E-state index is 0.229. The SMILES string of the molecule is CCOC(=O)Cc1csc(N(CCOC)C(C)C)n1. The zero-order valence-corrected chi connectivity index (χ0v) is 12.8. The number of hydrogen-bond donors (Lipinski definition) is 0. The molecule has 0 bridgehead atoms. The van der Waals surface area contributed by atoms with Crippen molar-refractivity contribution in [2.24, 2.45) is 0 Å². The molecule has 19 heavy (non-hydrogen) atoms. The Kier molecular flexibility index (Phi) is 6.80. The van der Waals surface area contributed by atoms with Crippen LogP contribution in [0.1, 0.15) is 26.5 Å². The molecule has 6 heteroatoms. The van der Waals surface area contributed by atoms with E-state index in [1.54, 1.807) is 25.4 Å². The highest BCUT2D eigenvalue weighted by molar-refractivity contribution is 7.13. The van der Waals surface area contributed by atoms with Gasteiger partial charge >= 0.3 is 5.97 Å². The molecule has 0 saturated heterocycles. The number of anilines is 1. The van der Waals surface area contributed by atoms with E-state index in [2.05, 4.69) is 23.7 Å². The normalized spacial score (nSPS) is 10.8. The summed E-state index contributed by atoms with van der Waals surface area (Å²) in [6.07, 6.45) is 0.237. The lowest BCUT2D eigenvalue weighted by atomic mass is 10.3. The summed E-state index contributed by atoms with van der Waals surface area (Å²) in [4.78, 5) is 18.1. The third kappa shape index (κ3) is 5.16. The summed E-state index contributed by atoms with van der Waals surface area (Å²) in [5.41, 5.74) is 0.765. The maximum Gasteiger partial charge on any atom is 0.311 e. The van der Waals surface area contributed by atoms with Crippen LogP contribution in [-0.4, -0.2) is 43.9 Å². The van der Waals surface area contributed by atoms with Gasteiger partial charge in [0.05, 0.1) is 25.3 Å². The van der Waals surface area contributed by atoms with Gasteiger partial charge in [-0.2, -0.15) is 0 Å². The third-order valence-corrected chi connectivity index (χ3v) is 3.50. The summed E-state index contributed by atoms with van der Waals surface area (Å²) in [7, 11) is 1.69. The molecule has 5 nitrogen and oxygen atoms in total. The van der Waals surface area contributed by atoms with Crippen molar-refractivity contribution < 1.29 is 14.3 Å².